The van der Waals surface area contributed by atoms with Gasteiger partial charge in [0, 0.05) is 31.4 Å². The summed E-state index contributed by atoms with van der Waals surface area (Å²) in [6, 6.07) is 13.7. The lowest BCUT2D eigenvalue weighted by molar-refractivity contribution is -0.140. The number of benzene rings is 2. The highest BCUT2D eigenvalue weighted by atomic mass is 16.5. The Morgan fingerprint density at radius 2 is 1.76 bits per heavy atom. The number of para-hydroxylation sites is 1. The van der Waals surface area contributed by atoms with E-state index in [-0.39, 0.29) is 11.3 Å². The maximum atomic E-state index is 12.9. The Bertz CT molecular complexity index is 933. The molecule has 1 amide bonds. The molecule has 2 aromatic carbocycles. The molecule has 0 bridgehead atoms. The van der Waals surface area contributed by atoms with Crippen molar-refractivity contribution in [2.24, 2.45) is 0 Å². The van der Waals surface area contributed by atoms with Crippen LogP contribution in [0, 0.1) is 6.92 Å². The van der Waals surface area contributed by atoms with E-state index in [1.54, 1.807) is 31.4 Å². The van der Waals surface area contributed by atoms with Gasteiger partial charge in [-0.25, -0.2) is 0 Å². The number of hydrogen-bond donors (Lipinski definition) is 1. The summed E-state index contributed by atoms with van der Waals surface area (Å²) in [6.07, 6.45) is 0.569. The summed E-state index contributed by atoms with van der Waals surface area (Å²) in [7, 11) is 3.12. The molecule has 3 rings (SSSR count). The van der Waals surface area contributed by atoms with Gasteiger partial charge in [0.2, 0.25) is 0 Å². The fraction of sp³-hybridized carbons (Fsp3) is 0.304. The molecule has 0 aliphatic carbocycles. The fourth-order valence-electron chi connectivity index (χ4n) is 3.57. The minimum absolute atomic E-state index is 0.0702. The molecule has 1 fully saturated rings. The van der Waals surface area contributed by atoms with E-state index in [9.17, 15) is 14.7 Å². The van der Waals surface area contributed by atoms with Crippen molar-refractivity contribution >= 4 is 17.4 Å². The maximum absolute atomic E-state index is 12.9. The Morgan fingerprint density at radius 3 is 2.41 bits per heavy atom. The van der Waals surface area contributed by atoms with Gasteiger partial charge in [-0.05, 0) is 19.4 Å². The Hall–Kier alpha value is -3.12. The van der Waals surface area contributed by atoms with Crippen LogP contribution in [0.3, 0.4) is 0 Å². The summed E-state index contributed by atoms with van der Waals surface area (Å²) >= 11 is 0. The number of nitrogens with zero attached hydrogens (tertiary/aromatic N) is 1. The van der Waals surface area contributed by atoms with Crippen molar-refractivity contribution in [3.63, 3.8) is 0 Å². The summed E-state index contributed by atoms with van der Waals surface area (Å²) in [5.41, 5.74) is 2.24. The van der Waals surface area contributed by atoms with Crippen LogP contribution in [0.4, 0.5) is 0 Å². The fourth-order valence-corrected chi connectivity index (χ4v) is 3.57. The largest absolute Gasteiger partial charge is 0.507 e. The highest BCUT2D eigenvalue weighted by Crippen LogP contribution is 2.42. The van der Waals surface area contributed by atoms with Crippen LogP contribution in [-0.2, 0) is 14.3 Å². The van der Waals surface area contributed by atoms with E-state index in [1.165, 1.54) is 12.0 Å². The minimum atomic E-state index is -0.732. The van der Waals surface area contributed by atoms with Gasteiger partial charge >= 0.3 is 0 Å². The second kappa shape index (κ2) is 8.92. The van der Waals surface area contributed by atoms with Crippen LogP contribution < -0.4 is 4.74 Å². The second-order valence-electron chi connectivity index (χ2n) is 6.95. The van der Waals surface area contributed by atoms with Gasteiger partial charge in [0.15, 0.2) is 0 Å². The van der Waals surface area contributed by atoms with Crippen LogP contribution in [0.2, 0.25) is 0 Å². The van der Waals surface area contributed by atoms with Crippen LogP contribution in [0.25, 0.3) is 5.76 Å². The molecule has 0 radical (unpaired) electrons. The van der Waals surface area contributed by atoms with E-state index in [0.29, 0.717) is 36.4 Å². The Balaban J connectivity index is 2.16. The van der Waals surface area contributed by atoms with Gasteiger partial charge in [-0.3, -0.25) is 9.59 Å². The number of carbonyl (C=O) groups excluding carboxylic acids is 2. The van der Waals surface area contributed by atoms with Crippen molar-refractivity contribution in [2.75, 3.05) is 27.4 Å². The van der Waals surface area contributed by atoms with Crippen LogP contribution in [-0.4, -0.2) is 49.1 Å². The number of ether oxygens (including phenoxy) is 2. The SMILES string of the molecule is COCCCN1C(=O)C(=O)/C(=C(\O)c2ccc(C)cc2)C1c1ccccc1OC. The lowest BCUT2D eigenvalue weighted by Crippen LogP contribution is -2.31. The molecule has 1 heterocycles. The number of aryl methyl sites for hydroxylation is 1. The number of ketones is 1. The minimum Gasteiger partial charge on any atom is -0.507 e. The monoisotopic (exact) mass is 395 g/mol. The van der Waals surface area contributed by atoms with Crippen molar-refractivity contribution in [3.8, 4) is 5.75 Å². The number of rotatable bonds is 7. The van der Waals surface area contributed by atoms with Crippen molar-refractivity contribution in [2.45, 2.75) is 19.4 Å². The standard InChI is InChI=1S/C23H25NO5/c1-15-9-11-16(12-10-15)21(25)19-20(17-7-4-5-8-18(17)29-3)24(13-6-14-28-2)23(27)22(19)26/h4-5,7-12,20,25H,6,13-14H2,1-3H3/b21-19-. The highest BCUT2D eigenvalue weighted by molar-refractivity contribution is 6.46. The molecule has 152 valence electrons. The molecule has 2 aromatic rings. The first-order chi connectivity index (χ1) is 14.0. The number of aliphatic hydroxyl groups excluding tert-OH is 1. The third-order valence-corrected chi connectivity index (χ3v) is 5.05. The number of carbonyl (C=O) groups is 2. The van der Waals surface area contributed by atoms with Crippen LogP contribution in [0.5, 0.6) is 5.75 Å². The smallest absolute Gasteiger partial charge is 0.295 e. The van der Waals surface area contributed by atoms with Crippen molar-refractivity contribution in [3.05, 3.63) is 70.8 Å². The van der Waals surface area contributed by atoms with E-state index in [2.05, 4.69) is 0 Å². The molecule has 0 spiro atoms. The van der Waals surface area contributed by atoms with Crippen LogP contribution >= 0.6 is 0 Å². The van der Waals surface area contributed by atoms with E-state index in [1.807, 2.05) is 31.2 Å². The molecule has 1 aliphatic rings. The third kappa shape index (κ3) is 4.03. The summed E-state index contributed by atoms with van der Waals surface area (Å²) in [5.74, 6) is -0.971. The summed E-state index contributed by atoms with van der Waals surface area (Å²) in [6.45, 7) is 2.72. The predicted molar refractivity (Wildman–Crippen MR) is 110 cm³/mol. The van der Waals surface area contributed by atoms with Gasteiger partial charge in [0.1, 0.15) is 11.5 Å². The molecule has 29 heavy (non-hydrogen) atoms. The van der Waals surface area contributed by atoms with Gasteiger partial charge in [-0.2, -0.15) is 0 Å². The second-order valence-corrected chi connectivity index (χ2v) is 6.95. The van der Waals surface area contributed by atoms with Gasteiger partial charge in [0.25, 0.3) is 11.7 Å². The zero-order chi connectivity index (χ0) is 21.0. The molecule has 1 saturated heterocycles. The quantitative estimate of drug-likeness (QED) is 0.336. The first kappa shape index (κ1) is 20.6. The number of likely N-dealkylation sites (tertiary alicyclic amines) is 1. The molecular weight excluding hydrogens is 370 g/mol. The molecule has 1 aliphatic heterocycles. The lowest BCUT2D eigenvalue weighted by atomic mass is 9.94. The van der Waals surface area contributed by atoms with E-state index in [0.717, 1.165) is 5.56 Å². The number of methoxy groups -OCH3 is 2. The summed E-state index contributed by atoms with van der Waals surface area (Å²) < 4.78 is 10.6. The van der Waals surface area contributed by atoms with E-state index >= 15 is 0 Å². The molecule has 1 unspecified atom stereocenters. The maximum Gasteiger partial charge on any atom is 0.295 e. The predicted octanol–water partition coefficient (Wildman–Crippen LogP) is 3.46. The van der Waals surface area contributed by atoms with Crippen molar-refractivity contribution < 1.29 is 24.2 Å². The summed E-state index contributed by atoms with van der Waals surface area (Å²) in [5, 5.41) is 11.0. The molecule has 6 heteroatoms. The van der Waals surface area contributed by atoms with E-state index < -0.39 is 17.7 Å². The van der Waals surface area contributed by atoms with Gasteiger partial charge in [-0.15, -0.1) is 0 Å². The van der Waals surface area contributed by atoms with Gasteiger partial charge in [0.05, 0.1) is 18.7 Å². The average molecular weight is 395 g/mol. The topological polar surface area (TPSA) is 76.1 Å². The third-order valence-electron chi connectivity index (χ3n) is 5.05. The first-order valence-corrected chi connectivity index (χ1v) is 9.47. The van der Waals surface area contributed by atoms with Gasteiger partial charge in [-0.1, -0.05) is 48.0 Å². The Labute approximate surface area is 170 Å². The summed E-state index contributed by atoms with van der Waals surface area (Å²) in [4.78, 5) is 27.3. The molecular formula is C23H25NO5. The van der Waals surface area contributed by atoms with Gasteiger partial charge < -0.3 is 19.5 Å². The van der Waals surface area contributed by atoms with Crippen LogP contribution in [0.15, 0.2) is 54.1 Å². The zero-order valence-corrected chi connectivity index (χ0v) is 16.8. The number of aliphatic hydroxyl groups is 1. The normalized spacial score (nSPS) is 18.3. The van der Waals surface area contributed by atoms with Crippen molar-refractivity contribution in [1.29, 1.82) is 0 Å². The molecule has 6 nitrogen and oxygen atoms in total. The van der Waals surface area contributed by atoms with Crippen molar-refractivity contribution in [1.82, 2.24) is 4.90 Å². The average Bonchev–Trinajstić information content (AvgIpc) is 2.98. The number of hydrogen-bond acceptors (Lipinski definition) is 5. The lowest BCUT2D eigenvalue weighted by Gasteiger charge is -2.26. The Morgan fingerprint density at radius 1 is 1.07 bits per heavy atom. The Kier molecular flexibility index (Phi) is 6.34. The zero-order valence-electron chi connectivity index (χ0n) is 16.8. The molecule has 0 saturated carbocycles. The molecule has 1 N–H and O–H groups in total. The van der Waals surface area contributed by atoms with Crippen LogP contribution in [0.1, 0.15) is 29.2 Å². The number of Topliss-reactive ketones (excluding diaryl/α,β-unsaturated/α-hetero) is 1. The highest BCUT2D eigenvalue weighted by Gasteiger charge is 2.46. The molecule has 0 aromatic heterocycles. The number of amides is 1. The molecule has 1 atom stereocenters. The van der Waals surface area contributed by atoms with E-state index in [4.69, 9.17) is 9.47 Å². The first-order valence-electron chi connectivity index (χ1n) is 9.47.